The van der Waals surface area contributed by atoms with Gasteiger partial charge in [0.15, 0.2) is 5.96 Å². The Bertz CT molecular complexity index is 720. The molecule has 3 rings (SSSR count). The average molecular weight is 542 g/mol. The van der Waals surface area contributed by atoms with E-state index < -0.39 is 0 Å². The predicted molar refractivity (Wildman–Crippen MR) is 140 cm³/mol. The first kappa shape index (κ1) is 25.7. The number of benzene rings is 1. The van der Waals surface area contributed by atoms with E-state index in [4.69, 9.17) is 0 Å². The second-order valence-electron chi connectivity index (χ2n) is 8.75. The van der Waals surface area contributed by atoms with E-state index in [-0.39, 0.29) is 35.9 Å². The molecular formula is C24H40IN5O. The molecule has 7 heteroatoms. The summed E-state index contributed by atoms with van der Waals surface area (Å²) in [6, 6.07) is 8.94. The molecule has 174 valence electrons. The van der Waals surface area contributed by atoms with E-state index in [2.05, 4.69) is 65.6 Å². The molecule has 2 fully saturated rings. The fraction of sp³-hybridized carbons (Fsp3) is 0.667. The van der Waals surface area contributed by atoms with Crippen LogP contribution < -0.4 is 15.5 Å². The van der Waals surface area contributed by atoms with Gasteiger partial charge in [0.1, 0.15) is 0 Å². The molecule has 0 aliphatic carbocycles. The largest absolute Gasteiger partial charge is 0.372 e. The van der Waals surface area contributed by atoms with E-state index in [1.54, 1.807) is 0 Å². The van der Waals surface area contributed by atoms with Gasteiger partial charge < -0.3 is 20.4 Å². The zero-order valence-electron chi connectivity index (χ0n) is 19.4. The third kappa shape index (κ3) is 7.84. The molecule has 2 heterocycles. The quantitative estimate of drug-likeness (QED) is 0.309. The summed E-state index contributed by atoms with van der Waals surface area (Å²) >= 11 is 0. The predicted octanol–water partition coefficient (Wildman–Crippen LogP) is 4.17. The van der Waals surface area contributed by atoms with Crippen molar-refractivity contribution >= 4 is 41.5 Å². The molecule has 1 amide bonds. The van der Waals surface area contributed by atoms with Gasteiger partial charge >= 0.3 is 0 Å². The summed E-state index contributed by atoms with van der Waals surface area (Å²) in [6.07, 6.45) is 5.39. The molecule has 2 aliphatic rings. The lowest BCUT2D eigenvalue weighted by Gasteiger charge is -2.30. The number of guanidine groups is 1. The Morgan fingerprint density at radius 3 is 2.71 bits per heavy atom. The first-order valence-electron chi connectivity index (χ1n) is 11.7. The number of hydrogen-bond acceptors (Lipinski definition) is 3. The van der Waals surface area contributed by atoms with Gasteiger partial charge in [0.2, 0.25) is 5.91 Å². The molecule has 2 N–H and O–H groups in total. The van der Waals surface area contributed by atoms with Gasteiger partial charge in [0, 0.05) is 44.8 Å². The van der Waals surface area contributed by atoms with Gasteiger partial charge in [-0.05, 0) is 63.1 Å². The van der Waals surface area contributed by atoms with Gasteiger partial charge in [-0.3, -0.25) is 9.79 Å². The minimum Gasteiger partial charge on any atom is -0.372 e. The van der Waals surface area contributed by atoms with Crippen LogP contribution in [0, 0.1) is 5.92 Å². The third-order valence-electron chi connectivity index (χ3n) is 6.14. The molecular weight excluding hydrogens is 501 g/mol. The van der Waals surface area contributed by atoms with Crippen molar-refractivity contribution in [1.29, 1.82) is 0 Å². The fourth-order valence-electron chi connectivity index (χ4n) is 4.41. The van der Waals surface area contributed by atoms with Crippen LogP contribution >= 0.6 is 24.0 Å². The number of likely N-dealkylation sites (tertiary alicyclic amines) is 1. The maximum atomic E-state index is 12.5. The van der Waals surface area contributed by atoms with Crippen LogP contribution in [-0.4, -0.2) is 56.0 Å². The minimum atomic E-state index is 0. The molecule has 0 aromatic heterocycles. The van der Waals surface area contributed by atoms with Gasteiger partial charge in [-0.1, -0.05) is 19.1 Å². The molecule has 2 atom stereocenters. The van der Waals surface area contributed by atoms with E-state index in [1.165, 1.54) is 30.5 Å². The van der Waals surface area contributed by atoms with Crippen LogP contribution in [0.15, 0.2) is 29.3 Å². The molecule has 2 saturated heterocycles. The Morgan fingerprint density at radius 2 is 2.00 bits per heavy atom. The summed E-state index contributed by atoms with van der Waals surface area (Å²) in [5.74, 6) is 1.62. The monoisotopic (exact) mass is 541 g/mol. The second kappa shape index (κ2) is 13.1. The van der Waals surface area contributed by atoms with E-state index in [9.17, 15) is 4.79 Å². The molecule has 0 saturated carbocycles. The van der Waals surface area contributed by atoms with Gasteiger partial charge in [-0.25, -0.2) is 0 Å². The normalized spacial score (nSPS) is 20.2. The number of anilines is 1. The molecule has 0 spiro atoms. The van der Waals surface area contributed by atoms with Crippen molar-refractivity contribution in [3.63, 3.8) is 0 Å². The number of carbonyl (C=O) groups is 1. The number of halogens is 1. The molecule has 0 radical (unpaired) electrons. The number of piperidine rings is 1. The van der Waals surface area contributed by atoms with Crippen molar-refractivity contribution in [3.05, 3.63) is 29.8 Å². The summed E-state index contributed by atoms with van der Waals surface area (Å²) in [6.45, 7) is 11.9. The van der Waals surface area contributed by atoms with Gasteiger partial charge in [-0.15, -0.1) is 24.0 Å². The van der Waals surface area contributed by atoms with Crippen molar-refractivity contribution in [3.8, 4) is 0 Å². The van der Waals surface area contributed by atoms with Crippen molar-refractivity contribution in [2.75, 3.05) is 44.2 Å². The van der Waals surface area contributed by atoms with Crippen LogP contribution in [0.5, 0.6) is 0 Å². The van der Waals surface area contributed by atoms with Crippen molar-refractivity contribution in [2.24, 2.45) is 10.9 Å². The Kier molecular flexibility index (Phi) is 10.9. The van der Waals surface area contributed by atoms with Crippen LogP contribution in [-0.2, 0) is 4.79 Å². The minimum absolute atomic E-state index is 0. The average Bonchev–Trinajstić information content (AvgIpc) is 3.29. The zero-order chi connectivity index (χ0) is 21.3. The van der Waals surface area contributed by atoms with Crippen molar-refractivity contribution in [2.45, 2.75) is 58.9 Å². The summed E-state index contributed by atoms with van der Waals surface area (Å²) in [4.78, 5) is 21.6. The Morgan fingerprint density at radius 1 is 1.23 bits per heavy atom. The number of nitrogens with one attached hydrogen (secondary N) is 2. The summed E-state index contributed by atoms with van der Waals surface area (Å²) < 4.78 is 0. The van der Waals surface area contributed by atoms with Crippen LogP contribution in [0.4, 0.5) is 5.69 Å². The smallest absolute Gasteiger partial charge is 0.224 e. The van der Waals surface area contributed by atoms with Crippen molar-refractivity contribution < 1.29 is 4.79 Å². The van der Waals surface area contributed by atoms with Gasteiger partial charge in [-0.2, -0.15) is 0 Å². The highest BCUT2D eigenvalue weighted by molar-refractivity contribution is 14.0. The summed E-state index contributed by atoms with van der Waals surface area (Å²) in [5, 5.41) is 6.82. The van der Waals surface area contributed by atoms with Gasteiger partial charge in [0.25, 0.3) is 0 Å². The maximum Gasteiger partial charge on any atom is 0.224 e. The first-order valence-corrected chi connectivity index (χ1v) is 11.7. The van der Waals surface area contributed by atoms with E-state index in [0.29, 0.717) is 18.9 Å². The standard InChI is InChI=1S/C24H39N5O.HI/c1-4-25-24(26-13-12-23(30)29-16-8-9-19(2)18-29)27-20(3)21-10-7-11-22(17-21)28-14-5-6-15-28;/h7,10-11,17,19-20H,4-6,8-9,12-16,18H2,1-3H3,(H2,25,26,27);1H. The second-order valence-corrected chi connectivity index (χ2v) is 8.75. The Balaban J connectivity index is 0.00000341. The van der Waals surface area contributed by atoms with Gasteiger partial charge in [0.05, 0.1) is 12.6 Å². The summed E-state index contributed by atoms with van der Waals surface area (Å²) in [7, 11) is 0. The number of aliphatic imine (C=N–C) groups is 1. The zero-order valence-corrected chi connectivity index (χ0v) is 21.7. The number of rotatable bonds is 7. The Hall–Kier alpha value is -1.51. The molecule has 2 unspecified atom stereocenters. The van der Waals surface area contributed by atoms with Crippen LogP contribution in [0.25, 0.3) is 0 Å². The molecule has 6 nitrogen and oxygen atoms in total. The number of carbonyl (C=O) groups excluding carboxylic acids is 1. The number of nitrogens with zero attached hydrogens (tertiary/aromatic N) is 3. The van der Waals surface area contributed by atoms with E-state index >= 15 is 0 Å². The third-order valence-corrected chi connectivity index (χ3v) is 6.14. The molecule has 0 bridgehead atoms. The fourth-order valence-corrected chi connectivity index (χ4v) is 4.41. The lowest BCUT2D eigenvalue weighted by Crippen LogP contribution is -2.40. The van der Waals surface area contributed by atoms with Crippen LogP contribution in [0.2, 0.25) is 0 Å². The molecule has 1 aromatic carbocycles. The van der Waals surface area contributed by atoms with Crippen molar-refractivity contribution in [1.82, 2.24) is 15.5 Å². The van der Waals surface area contributed by atoms with Crippen LogP contribution in [0.1, 0.15) is 64.5 Å². The lowest BCUT2D eigenvalue weighted by molar-refractivity contribution is -0.132. The van der Waals surface area contributed by atoms with E-state index in [0.717, 1.165) is 45.1 Å². The topological polar surface area (TPSA) is 60.0 Å². The summed E-state index contributed by atoms with van der Waals surface area (Å²) in [5.41, 5.74) is 2.56. The lowest BCUT2D eigenvalue weighted by atomic mass is 10.00. The highest BCUT2D eigenvalue weighted by Gasteiger charge is 2.20. The SMILES string of the molecule is CCNC(=NCCC(=O)N1CCCC(C)C1)NC(C)c1cccc(N2CCCC2)c1.I. The number of hydrogen-bond donors (Lipinski definition) is 2. The maximum absolute atomic E-state index is 12.5. The van der Waals surface area contributed by atoms with E-state index in [1.807, 2.05) is 4.90 Å². The number of amides is 1. The molecule has 31 heavy (non-hydrogen) atoms. The Labute approximate surface area is 205 Å². The highest BCUT2D eigenvalue weighted by Crippen LogP contribution is 2.24. The first-order chi connectivity index (χ1) is 14.6. The highest BCUT2D eigenvalue weighted by atomic mass is 127. The van der Waals surface area contributed by atoms with Crippen LogP contribution in [0.3, 0.4) is 0 Å². The molecule has 1 aromatic rings. The molecule has 2 aliphatic heterocycles.